The fourth-order valence-corrected chi connectivity index (χ4v) is 4.11. The summed E-state index contributed by atoms with van der Waals surface area (Å²) >= 11 is 0. The molecule has 0 aliphatic rings. The topological polar surface area (TPSA) is 84.2 Å². The van der Waals surface area contributed by atoms with Gasteiger partial charge in [0.2, 0.25) is 0 Å². The van der Waals surface area contributed by atoms with Crippen molar-refractivity contribution < 1.29 is 4.79 Å². The van der Waals surface area contributed by atoms with Gasteiger partial charge in [-0.15, -0.1) is 0 Å². The summed E-state index contributed by atoms with van der Waals surface area (Å²) in [5.41, 5.74) is 10.5. The molecule has 2 aromatic carbocycles. The first-order valence-electron chi connectivity index (χ1n) is 10.4. The quantitative estimate of drug-likeness (QED) is 0.433. The van der Waals surface area contributed by atoms with E-state index in [1.165, 1.54) is 0 Å². The van der Waals surface area contributed by atoms with Gasteiger partial charge in [-0.25, -0.2) is 4.52 Å². The Bertz CT molecular complexity index is 1310. The van der Waals surface area contributed by atoms with Crippen LogP contribution in [0.2, 0.25) is 0 Å². The minimum absolute atomic E-state index is 0.0731. The third kappa shape index (κ3) is 3.11. The number of anilines is 1. The Hall–Kier alpha value is -3.65. The zero-order valence-electron chi connectivity index (χ0n) is 17.3. The monoisotopic (exact) mass is 396 g/mol. The van der Waals surface area contributed by atoms with E-state index in [1.54, 1.807) is 4.52 Å². The van der Waals surface area contributed by atoms with Crippen LogP contribution in [0.3, 0.4) is 0 Å². The largest absolute Gasteiger partial charge is 0.383 e. The lowest BCUT2D eigenvalue weighted by Gasteiger charge is -2.12. The van der Waals surface area contributed by atoms with Gasteiger partial charge in [-0.2, -0.15) is 10.4 Å². The molecular weight excluding hydrogens is 372 g/mol. The van der Waals surface area contributed by atoms with Crippen molar-refractivity contribution in [3.8, 4) is 17.2 Å². The minimum Gasteiger partial charge on any atom is -0.383 e. The summed E-state index contributed by atoms with van der Waals surface area (Å²) in [7, 11) is 0. The first kappa shape index (κ1) is 19.7. The number of hydrogen-bond donors (Lipinski definition) is 1. The van der Waals surface area contributed by atoms with Gasteiger partial charge in [0.1, 0.15) is 17.5 Å². The number of pyridine rings is 1. The number of benzene rings is 2. The van der Waals surface area contributed by atoms with Crippen LogP contribution in [0.1, 0.15) is 54.7 Å². The van der Waals surface area contributed by atoms with Crippen molar-refractivity contribution >= 4 is 27.9 Å². The fraction of sp³-hybridized carbons (Fsp3) is 0.240. The molecule has 0 atom stereocenters. The molecule has 150 valence electrons. The average Bonchev–Trinajstić information content (AvgIpc) is 3.12. The van der Waals surface area contributed by atoms with E-state index in [0.29, 0.717) is 29.5 Å². The number of aryl methyl sites for hydroxylation is 1. The van der Waals surface area contributed by atoms with Crippen LogP contribution >= 0.6 is 0 Å². The minimum atomic E-state index is 0.0731. The molecule has 2 heterocycles. The van der Waals surface area contributed by atoms with E-state index < -0.39 is 0 Å². The van der Waals surface area contributed by atoms with Gasteiger partial charge in [0.05, 0.1) is 16.8 Å². The van der Waals surface area contributed by atoms with Crippen molar-refractivity contribution in [1.29, 1.82) is 5.26 Å². The predicted molar refractivity (Wildman–Crippen MR) is 120 cm³/mol. The lowest BCUT2D eigenvalue weighted by atomic mass is 9.94. The van der Waals surface area contributed by atoms with E-state index in [-0.39, 0.29) is 11.6 Å². The van der Waals surface area contributed by atoms with Gasteiger partial charge in [0, 0.05) is 12.0 Å². The summed E-state index contributed by atoms with van der Waals surface area (Å²) in [6.07, 6.45) is 2.79. The molecule has 0 spiro atoms. The van der Waals surface area contributed by atoms with Crippen LogP contribution < -0.4 is 5.73 Å². The van der Waals surface area contributed by atoms with Crippen LogP contribution in [0, 0.1) is 11.3 Å². The van der Waals surface area contributed by atoms with Crippen molar-refractivity contribution in [2.75, 3.05) is 5.73 Å². The third-order valence-corrected chi connectivity index (χ3v) is 5.46. The number of hydrogen-bond acceptors (Lipinski definition) is 4. The second kappa shape index (κ2) is 8.00. The van der Waals surface area contributed by atoms with E-state index in [4.69, 9.17) is 5.73 Å². The Kier molecular flexibility index (Phi) is 5.24. The summed E-state index contributed by atoms with van der Waals surface area (Å²) < 4.78 is 1.57. The molecule has 0 aliphatic carbocycles. The molecule has 0 fully saturated rings. The highest BCUT2D eigenvalue weighted by molar-refractivity contribution is 6.06. The Morgan fingerprint density at radius 3 is 2.60 bits per heavy atom. The van der Waals surface area contributed by atoms with Crippen LogP contribution in [0.5, 0.6) is 0 Å². The van der Waals surface area contributed by atoms with Crippen LogP contribution in [0.15, 0.2) is 48.5 Å². The molecule has 0 saturated heterocycles. The zero-order valence-corrected chi connectivity index (χ0v) is 17.3. The molecule has 4 aromatic rings. The summed E-state index contributed by atoms with van der Waals surface area (Å²) in [6.45, 7) is 4.05. The molecule has 5 nitrogen and oxygen atoms in total. The van der Waals surface area contributed by atoms with Gasteiger partial charge in [-0.1, -0.05) is 62.7 Å². The van der Waals surface area contributed by atoms with Gasteiger partial charge in [0.25, 0.3) is 0 Å². The third-order valence-electron chi connectivity index (χ3n) is 5.46. The van der Waals surface area contributed by atoms with Crippen molar-refractivity contribution in [3.63, 3.8) is 0 Å². The van der Waals surface area contributed by atoms with Crippen LogP contribution in [0.25, 0.3) is 27.4 Å². The van der Waals surface area contributed by atoms with Gasteiger partial charge in [-0.3, -0.25) is 4.79 Å². The summed E-state index contributed by atoms with van der Waals surface area (Å²) in [5.74, 6) is 0.342. The highest BCUT2D eigenvalue weighted by atomic mass is 16.1. The number of nitrogens with two attached hydrogens (primary N) is 1. The predicted octanol–water partition coefficient (Wildman–Crippen LogP) is 5.54. The van der Waals surface area contributed by atoms with Gasteiger partial charge in [0.15, 0.2) is 5.78 Å². The second-order valence-electron chi connectivity index (χ2n) is 7.50. The maximum atomic E-state index is 13.0. The van der Waals surface area contributed by atoms with Crippen LogP contribution in [-0.4, -0.2) is 15.4 Å². The Labute approximate surface area is 175 Å². The van der Waals surface area contributed by atoms with Gasteiger partial charge >= 0.3 is 0 Å². The number of fused-ring (bicyclic) bond motifs is 2. The van der Waals surface area contributed by atoms with Crippen LogP contribution in [-0.2, 0) is 6.42 Å². The molecule has 30 heavy (non-hydrogen) atoms. The molecule has 0 bridgehead atoms. The number of carbonyl (C=O) groups excluding carboxylic acids is 1. The normalized spacial score (nSPS) is 11.1. The molecule has 2 aromatic heterocycles. The zero-order chi connectivity index (χ0) is 21.3. The highest BCUT2D eigenvalue weighted by Crippen LogP contribution is 2.36. The number of rotatable bonds is 6. The number of nitrogens with zero attached hydrogens (tertiary/aromatic N) is 3. The Morgan fingerprint density at radius 2 is 1.87 bits per heavy atom. The molecular formula is C25H24N4O. The lowest BCUT2D eigenvalue weighted by molar-refractivity contribution is 0.0982. The fourth-order valence-electron chi connectivity index (χ4n) is 4.11. The average molecular weight is 396 g/mol. The SMILES string of the molecule is CCCC(=O)c1c(CCC)nn2c(N)c(C#N)c(-c3cccc4ccccc34)cc12. The summed E-state index contributed by atoms with van der Waals surface area (Å²) in [6, 6.07) is 18.2. The molecule has 0 unspecified atom stereocenters. The molecule has 4 rings (SSSR count). The summed E-state index contributed by atoms with van der Waals surface area (Å²) in [4.78, 5) is 13.0. The number of nitrogen functional groups attached to an aromatic ring is 1. The first-order valence-corrected chi connectivity index (χ1v) is 10.4. The number of nitriles is 1. The number of aromatic nitrogens is 2. The lowest BCUT2D eigenvalue weighted by Crippen LogP contribution is -2.05. The van der Waals surface area contributed by atoms with Gasteiger partial charge < -0.3 is 5.73 Å². The molecule has 0 radical (unpaired) electrons. The van der Waals surface area contributed by atoms with E-state index in [2.05, 4.69) is 18.1 Å². The number of ketones is 1. The molecule has 2 N–H and O–H groups in total. The molecule has 0 saturated carbocycles. The van der Waals surface area contributed by atoms with E-state index >= 15 is 0 Å². The van der Waals surface area contributed by atoms with Crippen molar-refractivity contribution in [1.82, 2.24) is 9.61 Å². The second-order valence-corrected chi connectivity index (χ2v) is 7.50. The van der Waals surface area contributed by atoms with E-state index in [9.17, 15) is 10.1 Å². The molecule has 5 heteroatoms. The number of Topliss-reactive ketones (excluding diaryl/α,β-unsaturated/α-hetero) is 1. The molecule has 0 aliphatic heterocycles. The standard InChI is InChI=1S/C25H24N4O/c1-3-8-21-24(23(30)9-4-2)22-14-19(20(15-26)25(27)29(22)28-21)18-13-7-11-16-10-5-6-12-17(16)18/h5-7,10-14H,3-4,8-9,27H2,1-2H3. The summed E-state index contributed by atoms with van der Waals surface area (Å²) in [5, 5.41) is 16.7. The highest BCUT2D eigenvalue weighted by Gasteiger charge is 2.23. The maximum absolute atomic E-state index is 13.0. The van der Waals surface area contributed by atoms with E-state index in [0.717, 1.165) is 40.4 Å². The van der Waals surface area contributed by atoms with Crippen molar-refractivity contribution in [2.24, 2.45) is 0 Å². The first-order chi connectivity index (χ1) is 14.6. The van der Waals surface area contributed by atoms with Crippen molar-refractivity contribution in [2.45, 2.75) is 39.5 Å². The molecule has 0 amide bonds. The Balaban J connectivity index is 2.09. The Morgan fingerprint density at radius 1 is 1.10 bits per heavy atom. The van der Waals surface area contributed by atoms with Crippen LogP contribution in [0.4, 0.5) is 5.82 Å². The van der Waals surface area contributed by atoms with Gasteiger partial charge in [-0.05, 0) is 35.2 Å². The maximum Gasteiger partial charge on any atom is 0.166 e. The van der Waals surface area contributed by atoms with E-state index in [1.807, 2.05) is 55.5 Å². The number of carbonyl (C=O) groups is 1. The smallest absolute Gasteiger partial charge is 0.166 e. The van der Waals surface area contributed by atoms with Crippen molar-refractivity contribution in [3.05, 3.63) is 65.4 Å².